The Kier molecular flexibility index (Phi) is 5.49. The van der Waals surface area contributed by atoms with Gasteiger partial charge in [0, 0.05) is 12.6 Å². The fourth-order valence-corrected chi connectivity index (χ4v) is 4.25. The molecule has 0 N–H and O–H groups in total. The minimum atomic E-state index is 0.194. The fourth-order valence-electron chi connectivity index (χ4n) is 3.00. The van der Waals surface area contributed by atoms with E-state index >= 15 is 0 Å². The Morgan fingerprint density at radius 2 is 1.91 bits per heavy atom. The predicted molar refractivity (Wildman–Crippen MR) is 94.8 cm³/mol. The zero-order valence-electron chi connectivity index (χ0n) is 14.0. The lowest BCUT2D eigenvalue weighted by Gasteiger charge is -2.24. The predicted octanol–water partition coefficient (Wildman–Crippen LogP) is 3.14. The third-order valence-electron chi connectivity index (χ3n) is 4.58. The highest BCUT2D eigenvalue weighted by Gasteiger charge is 2.42. The van der Waals surface area contributed by atoms with Gasteiger partial charge in [0.1, 0.15) is 17.7 Å². The molecular formula is C18H26N2O2S. The summed E-state index contributed by atoms with van der Waals surface area (Å²) in [4.78, 5) is 16.5. The minimum Gasteiger partial charge on any atom is -0.492 e. The van der Waals surface area contributed by atoms with Gasteiger partial charge >= 0.3 is 0 Å². The molecule has 1 saturated heterocycles. The van der Waals surface area contributed by atoms with Crippen molar-refractivity contribution < 1.29 is 9.53 Å². The highest BCUT2D eigenvalue weighted by atomic mass is 32.2. The number of hydrogen-bond donors (Lipinski definition) is 0. The Hall–Kier alpha value is -1.20. The SMILES string of the molecule is CCN(CC)CCOc1ccc(C2SCC(=O)N2C2CC2)cc1. The van der Waals surface area contributed by atoms with Gasteiger partial charge in [-0.05, 0) is 43.6 Å². The number of carbonyl (C=O) groups excluding carboxylic acids is 1. The second-order valence-electron chi connectivity index (χ2n) is 6.14. The normalized spacial score (nSPS) is 21.3. The van der Waals surface area contributed by atoms with Crippen LogP contribution in [0, 0.1) is 0 Å². The smallest absolute Gasteiger partial charge is 0.234 e. The zero-order chi connectivity index (χ0) is 16.2. The first-order valence-corrected chi connectivity index (χ1v) is 9.65. The van der Waals surface area contributed by atoms with Gasteiger partial charge in [0.05, 0.1) is 5.75 Å². The van der Waals surface area contributed by atoms with Crippen molar-refractivity contribution in [3.8, 4) is 5.75 Å². The van der Waals surface area contributed by atoms with Gasteiger partial charge in [0.15, 0.2) is 0 Å². The number of nitrogens with zero attached hydrogens (tertiary/aromatic N) is 2. The van der Waals surface area contributed by atoms with Crippen LogP contribution in [0.2, 0.25) is 0 Å². The van der Waals surface area contributed by atoms with E-state index in [0.29, 0.717) is 24.3 Å². The Balaban J connectivity index is 1.55. The van der Waals surface area contributed by atoms with Gasteiger partial charge in [-0.25, -0.2) is 0 Å². The standard InChI is InChI=1S/C18H26N2O2S/c1-3-19(4-2)11-12-22-16-9-5-14(6-10-16)18-20(15-7-8-15)17(21)13-23-18/h5-6,9-10,15,18H,3-4,7-8,11-13H2,1-2H3. The van der Waals surface area contributed by atoms with E-state index in [-0.39, 0.29) is 5.37 Å². The summed E-state index contributed by atoms with van der Waals surface area (Å²) in [6.07, 6.45) is 2.32. The molecule has 126 valence electrons. The quantitative estimate of drug-likeness (QED) is 0.731. The van der Waals surface area contributed by atoms with Crippen LogP contribution in [0.3, 0.4) is 0 Å². The molecule has 1 aliphatic carbocycles. The second kappa shape index (κ2) is 7.58. The summed E-state index contributed by atoms with van der Waals surface area (Å²) in [5.41, 5.74) is 1.21. The maximum absolute atomic E-state index is 12.0. The van der Waals surface area contributed by atoms with Crippen LogP contribution in [-0.4, -0.2) is 53.7 Å². The van der Waals surface area contributed by atoms with Crippen molar-refractivity contribution in [3.05, 3.63) is 29.8 Å². The molecule has 2 aliphatic rings. The van der Waals surface area contributed by atoms with Crippen LogP contribution in [0.1, 0.15) is 37.6 Å². The van der Waals surface area contributed by atoms with Crippen molar-refractivity contribution in [3.63, 3.8) is 0 Å². The van der Waals surface area contributed by atoms with Gasteiger partial charge in [-0.3, -0.25) is 4.79 Å². The van der Waals surface area contributed by atoms with E-state index in [0.717, 1.165) is 38.2 Å². The highest BCUT2D eigenvalue weighted by molar-refractivity contribution is 8.00. The summed E-state index contributed by atoms with van der Waals surface area (Å²) >= 11 is 1.74. The summed E-state index contributed by atoms with van der Waals surface area (Å²) in [6.45, 7) is 8.13. The minimum absolute atomic E-state index is 0.194. The van der Waals surface area contributed by atoms with Crippen LogP contribution in [-0.2, 0) is 4.79 Å². The molecule has 4 nitrogen and oxygen atoms in total. The number of ether oxygens (including phenoxy) is 1. The molecule has 0 radical (unpaired) electrons. The number of hydrogen-bond acceptors (Lipinski definition) is 4. The Labute approximate surface area is 143 Å². The van der Waals surface area contributed by atoms with Crippen molar-refractivity contribution in [1.29, 1.82) is 0 Å². The second-order valence-corrected chi connectivity index (χ2v) is 7.21. The first kappa shape index (κ1) is 16.7. The molecule has 1 aromatic carbocycles. The average Bonchev–Trinajstić information content (AvgIpc) is 3.34. The summed E-state index contributed by atoms with van der Waals surface area (Å²) in [6, 6.07) is 8.77. The van der Waals surface area contributed by atoms with E-state index in [1.807, 2.05) is 12.1 Å². The topological polar surface area (TPSA) is 32.8 Å². The van der Waals surface area contributed by atoms with Gasteiger partial charge in [-0.1, -0.05) is 26.0 Å². The molecule has 1 saturated carbocycles. The maximum atomic E-state index is 12.0. The van der Waals surface area contributed by atoms with Crippen molar-refractivity contribution in [2.75, 3.05) is 32.0 Å². The van der Waals surface area contributed by atoms with Crippen molar-refractivity contribution in [2.45, 2.75) is 38.1 Å². The molecule has 1 unspecified atom stereocenters. The molecular weight excluding hydrogens is 308 g/mol. The molecule has 1 amide bonds. The number of rotatable bonds is 8. The molecule has 23 heavy (non-hydrogen) atoms. The van der Waals surface area contributed by atoms with Gasteiger partial charge in [0.25, 0.3) is 0 Å². The number of likely N-dealkylation sites (N-methyl/N-ethyl adjacent to an activating group) is 1. The summed E-state index contributed by atoms with van der Waals surface area (Å²) in [5, 5.41) is 0.194. The van der Waals surface area contributed by atoms with E-state index in [4.69, 9.17) is 4.74 Å². The zero-order valence-corrected chi connectivity index (χ0v) is 14.8. The van der Waals surface area contributed by atoms with Crippen LogP contribution >= 0.6 is 11.8 Å². The third kappa shape index (κ3) is 4.01. The van der Waals surface area contributed by atoms with E-state index in [1.165, 1.54) is 5.56 Å². The van der Waals surface area contributed by atoms with Crippen LogP contribution in [0.15, 0.2) is 24.3 Å². The lowest BCUT2D eigenvalue weighted by Crippen LogP contribution is -2.30. The van der Waals surface area contributed by atoms with Crippen molar-refractivity contribution in [1.82, 2.24) is 9.80 Å². The lowest BCUT2D eigenvalue weighted by atomic mass is 10.2. The van der Waals surface area contributed by atoms with E-state index in [2.05, 4.69) is 35.8 Å². The number of amides is 1. The number of benzene rings is 1. The van der Waals surface area contributed by atoms with Crippen LogP contribution in [0.25, 0.3) is 0 Å². The molecule has 0 aromatic heterocycles. The molecule has 1 aromatic rings. The molecule has 0 bridgehead atoms. The fraction of sp³-hybridized carbons (Fsp3) is 0.611. The largest absolute Gasteiger partial charge is 0.492 e. The summed E-state index contributed by atoms with van der Waals surface area (Å²) in [5.74, 6) is 1.82. The maximum Gasteiger partial charge on any atom is 0.234 e. The molecule has 2 fully saturated rings. The van der Waals surface area contributed by atoms with Crippen LogP contribution in [0.5, 0.6) is 5.75 Å². The Morgan fingerprint density at radius 3 is 2.52 bits per heavy atom. The molecule has 5 heteroatoms. The van der Waals surface area contributed by atoms with Gasteiger partial charge in [-0.15, -0.1) is 11.8 Å². The monoisotopic (exact) mass is 334 g/mol. The molecule has 3 rings (SSSR count). The van der Waals surface area contributed by atoms with Gasteiger partial charge in [-0.2, -0.15) is 0 Å². The third-order valence-corrected chi connectivity index (χ3v) is 5.81. The van der Waals surface area contributed by atoms with Crippen LogP contribution < -0.4 is 4.74 Å². The number of carbonyl (C=O) groups is 1. The Morgan fingerprint density at radius 1 is 1.22 bits per heavy atom. The Bertz CT molecular complexity index is 526. The van der Waals surface area contributed by atoms with Gasteiger partial charge in [0.2, 0.25) is 5.91 Å². The first-order valence-electron chi connectivity index (χ1n) is 8.60. The van der Waals surface area contributed by atoms with E-state index < -0.39 is 0 Å². The number of thioether (sulfide) groups is 1. The molecule has 0 spiro atoms. The molecule has 1 atom stereocenters. The van der Waals surface area contributed by atoms with E-state index in [9.17, 15) is 4.79 Å². The van der Waals surface area contributed by atoms with Crippen molar-refractivity contribution in [2.24, 2.45) is 0 Å². The van der Waals surface area contributed by atoms with Gasteiger partial charge < -0.3 is 14.5 Å². The van der Waals surface area contributed by atoms with Crippen LogP contribution in [0.4, 0.5) is 0 Å². The molecule has 1 aliphatic heterocycles. The van der Waals surface area contributed by atoms with E-state index in [1.54, 1.807) is 11.8 Å². The van der Waals surface area contributed by atoms with Crippen molar-refractivity contribution >= 4 is 17.7 Å². The first-order chi connectivity index (χ1) is 11.2. The summed E-state index contributed by atoms with van der Waals surface area (Å²) < 4.78 is 5.84. The highest BCUT2D eigenvalue weighted by Crippen LogP contribution is 2.45. The average molecular weight is 334 g/mol. The molecule has 1 heterocycles. The summed E-state index contributed by atoms with van der Waals surface area (Å²) in [7, 11) is 0. The lowest BCUT2D eigenvalue weighted by molar-refractivity contribution is -0.128.